The maximum absolute atomic E-state index is 4.34. The average molecular weight is 181 g/mol. The summed E-state index contributed by atoms with van der Waals surface area (Å²) in [6.45, 7) is 7.39. The molecule has 1 aliphatic rings. The van der Waals surface area contributed by atoms with Crippen molar-refractivity contribution >= 4 is 6.21 Å². The first-order chi connectivity index (χ1) is 6.09. The second-order valence-corrected chi connectivity index (χ2v) is 3.77. The van der Waals surface area contributed by atoms with E-state index in [2.05, 4.69) is 37.3 Å². The van der Waals surface area contributed by atoms with E-state index in [1.807, 2.05) is 18.3 Å². The lowest BCUT2D eigenvalue weighted by Crippen LogP contribution is -2.29. The quantitative estimate of drug-likeness (QED) is 0.612. The predicted molar refractivity (Wildman–Crippen MR) is 56.6 cm³/mol. The van der Waals surface area contributed by atoms with Crippen LogP contribution in [-0.2, 0) is 0 Å². The van der Waals surface area contributed by atoms with Gasteiger partial charge in [-0.15, -0.1) is 0 Å². The van der Waals surface area contributed by atoms with Crippen LogP contribution in [0, 0.1) is 5.92 Å². The molecular formula is C10H19N3. The standard InChI is InChI=1S/C10H19N3/c1-8-6-11-9(2)5-10(3)13(4)12-7-8/h5,7-9,11H,6H2,1-4H3/b10-5-,12-7-/t8-,9?/m1/s1. The van der Waals surface area contributed by atoms with Crippen LogP contribution in [0.15, 0.2) is 16.9 Å². The molecule has 13 heavy (non-hydrogen) atoms. The van der Waals surface area contributed by atoms with E-state index in [1.54, 1.807) is 0 Å². The summed E-state index contributed by atoms with van der Waals surface area (Å²) in [7, 11) is 1.98. The van der Waals surface area contributed by atoms with Crippen molar-refractivity contribution in [1.29, 1.82) is 0 Å². The maximum atomic E-state index is 4.34. The van der Waals surface area contributed by atoms with Gasteiger partial charge in [-0.25, -0.2) is 0 Å². The van der Waals surface area contributed by atoms with Crippen LogP contribution >= 0.6 is 0 Å². The average Bonchev–Trinajstić information content (AvgIpc) is 2.13. The molecule has 2 atom stereocenters. The molecule has 0 saturated heterocycles. The Morgan fingerprint density at radius 1 is 1.54 bits per heavy atom. The summed E-state index contributed by atoms with van der Waals surface area (Å²) < 4.78 is 0. The smallest absolute Gasteiger partial charge is 0.0309 e. The number of hydrogen-bond donors (Lipinski definition) is 1. The first kappa shape index (κ1) is 10.3. The molecule has 3 nitrogen and oxygen atoms in total. The van der Waals surface area contributed by atoms with Crippen molar-refractivity contribution in [3.63, 3.8) is 0 Å². The Labute approximate surface area is 80.5 Å². The molecule has 1 aliphatic heterocycles. The van der Waals surface area contributed by atoms with Gasteiger partial charge in [0.2, 0.25) is 0 Å². The fraction of sp³-hybridized carbons (Fsp3) is 0.700. The van der Waals surface area contributed by atoms with Crippen LogP contribution < -0.4 is 5.32 Å². The van der Waals surface area contributed by atoms with Crippen LogP contribution in [-0.4, -0.2) is 30.9 Å². The zero-order valence-electron chi connectivity index (χ0n) is 8.91. The van der Waals surface area contributed by atoms with Gasteiger partial charge in [0.15, 0.2) is 0 Å². The third-order valence-corrected chi connectivity index (χ3v) is 2.26. The topological polar surface area (TPSA) is 27.6 Å². The van der Waals surface area contributed by atoms with Gasteiger partial charge in [-0.3, -0.25) is 5.01 Å². The van der Waals surface area contributed by atoms with Crippen LogP contribution in [0.3, 0.4) is 0 Å². The number of nitrogens with zero attached hydrogens (tertiary/aromatic N) is 2. The van der Waals surface area contributed by atoms with Crippen LogP contribution in [0.4, 0.5) is 0 Å². The fourth-order valence-electron chi connectivity index (χ4n) is 1.26. The molecule has 0 radical (unpaired) electrons. The highest BCUT2D eigenvalue weighted by Crippen LogP contribution is 2.05. The zero-order chi connectivity index (χ0) is 9.84. The Balaban J connectivity index is 2.75. The molecule has 0 aromatic rings. The third kappa shape index (κ3) is 3.19. The van der Waals surface area contributed by atoms with E-state index in [4.69, 9.17) is 0 Å². The molecule has 0 aromatic heterocycles. The molecule has 1 rings (SSSR count). The van der Waals surface area contributed by atoms with Gasteiger partial charge in [-0.1, -0.05) is 6.92 Å². The monoisotopic (exact) mass is 181 g/mol. The predicted octanol–water partition coefficient (Wildman–Crippen LogP) is 1.44. The maximum Gasteiger partial charge on any atom is 0.0309 e. The number of hydrazone groups is 1. The van der Waals surface area contributed by atoms with Gasteiger partial charge in [-0.2, -0.15) is 5.10 Å². The summed E-state index contributed by atoms with van der Waals surface area (Å²) in [6, 6.07) is 0.423. The summed E-state index contributed by atoms with van der Waals surface area (Å²) in [4.78, 5) is 0. The highest BCUT2D eigenvalue weighted by molar-refractivity contribution is 5.60. The minimum Gasteiger partial charge on any atom is -0.310 e. The molecule has 0 amide bonds. The lowest BCUT2D eigenvalue weighted by molar-refractivity contribution is 0.445. The molecule has 0 fully saturated rings. The first-order valence-electron chi connectivity index (χ1n) is 4.79. The summed E-state index contributed by atoms with van der Waals surface area (Å²) in [5.74, 6) is 0.490. The van der Waals surface area contributed by atoms with Crippen LogP contribution in [0.1, 0.15) is 20.8 Å². The Morgan fingerprint density at radius 3 is 2.92 bits per heavy atom. The number of nitrogens with one attached hydrogen (secondary N) is 1. The van der Waals surface area contributed by atoms with Crippen LogP contribution in [0.5, 0.6) is 0 Å². The van der Waals surface area contributed by atoms with E-state index in [0.717, 1.165) is 6.54 Å². The van der Waals surface area contributed by atoms with E-state index in [0.29, 0.717) is 12.0 Å². The van der Waals surface area contributed by atoms with E-state index >= 15 is 0 Å². The molecule has 1 heterocycles. The minimum atomic E-state index is 0.423. The minimum absolute atomic E-state index is 0.423. The van der Waals surface area contributed by atoms with Crippen molar-refractivity contribution in [1.82, 2.24) is 10.3 Å². The van der Waals surface area contributed by atoms with Gasteiger partial charge < -0.3 is 5.32 Å². The van der Waals surface area contributed by atoms with Crippen molar-refractivity contribution in [3.05, 3.63) is 11.8 Å². The number of hydrogen-bond acceptors (Lipinski definition) is 3. The van der Waals surface area contributed by atoms with Crippen molar-refractivity contribution in [2.45, 2.75) is 26.8 Å². The summed E-state index contributed by atoms with van der Waals surface area (Å²) in [6.07, 6.45) is 4.18. The van der Waals surface area contributed by atoms with Crippen LogP contribution in [0.25, 0.3) is 0 Å². The van der Waals surface area contributed by atoms with Crippen LogP contribution in [0.2, 0.25) is 0 Å². The Kier molecular flexibility index (Phi) is 3.48. The molecule has 1 N–H and O–H groups in total. The van der Waals surface area contributed by atoms with Gasteiger partial charge in [-0.05, 0) is 19.9 Å². The van der Waals surface area contributed by atoms with Gasteiger partial charge in [0.25, 0.3) is 0 Å². The highest BCUT2D eigenvalue weighted by Gasteiger charge is 2.06. The van der Waals surface area contributed by atoms with Crippen molar-refractivity contribution in [2.75, 3.05) is 13.6 Å². The van der Waals surface area contributed by atoms with E-state index in [-0.39, 0.29) is 0 Å². The SMILES string of the molecule is C/C1=C/C(C)NC[C@@H](C)/C=N\N1C. The second kappa shape index (κ2) is 4.42. The largest absolute Gasteiger partial charge is 0.310 e. The first-order valence-corrected chi connectivity index (χ1v) is 4.79. The number of allylic oxidation sites excluding steroid dienone is 1. The highest BCUT2D eigenvalue weighted by atomic mass is 15.4. The second-order valence-electron chi connectivity index (χ2n) is 3.77. The van der Waals surface area contributed by atoms with Gasteiger partial charge in [0.05, 0.1) is 0 Å². The van der Waals surface area contributed by atoms with Gasteiger partial charge in [0.1, 0.15) is 0 Å². The number of rotatable bonds is 0. The lowest BCUT2D eigenvalue weighted by atomic mass is 10.2. The van der Waals surface area contributed by atoms with Crippen molar-refractivity contribution in [2.24, 2.45) is 11.0 Å². The summed E-state index contributed by atoms with van der Waals surface area (Å²) in [5.41, 5.74) is 1.19. The molecule has 0 bridgehead atoms. The zero-order valence-corrected chi connectivity index (χ0v) is 8.91. The summed E-state index contributed by atoms with van der Waals surface area (Å²) >= 11 is 0. The van der Waals surface area contributed by atoms with E-state index < -0.39 is 0 Å². The van der Waals surface area contributed by atoms with Gasteiger partial charge >= 0.3 is 0 Å². The fourth-order valence-corrected chi connectivity index (χ4v) is 1.26. The van der Waals surface area contributed by atoms with Gasteiger partial charge in [0, 0.05) is 37.5 Å². The molecule has 0 saturated carbocycles. The third-order valence-electron chi connectivity index (χ3n) is 2.26. The summed E-state index contributed by atoms with van der Waals surface area (Å²) in [5, 5.41) is 9.69. The molecular weight excluding hydrogens is 162 g/mol. The van der Waals surface area contributed by atoms with E-state index in [1.165, 1.54) is 5.70 Å². The molecule has 0 aliphatic carbocycles. The molecule has 3 heteroatoms. The molecule has 74 valence electrons. The molecule has 1 unspecified atom stereocenters. The molecule has 0 aromatic carbocycles. The Hall–Kier alpha value is -0.830. The normalized spacial score (nSPS) is 36.9. The Bertz CT molecular complexity index is 220. The lowest BCUT2D eigenvalue weighted by Gasteiger charge is -2.14. The Morgan fingerprint density at radius 2 is 2.23 bits per heavy atom. The van der Waals surface area contributed by atoms with E-state index in [9.17, 15) is 0 Å². The van der Waals surface area contributed by atoms with Crippen molar-refractivity contribution in [3.8, 4) is 0 Å². The molecule has 0 spiro atoms. The van der Waals surface area contributed by atoms with Crippen molar-refractivity contribution < 1.29 is 0 Å².